The third kappa shape index (κ3) is 2.56. The van der Waals surface area contributed by atoms with Crippen LogP contribution in [0.4, 0.5) is 5.95 Å². The lowest BCUT2D eigenvalue weighted by Gasteiger charge is -2.08. The Balaban J connectivity index is 2.22. The average Bonchev–Trinajstić information content (AvgIpc) is 2.69. The molecule has 1 N–H and O–H groups in total. The van der Waals surface area contributed by atoms with Gasteiger partial charge in [-0.15, -0.1) is 11.5 Å². The minimum absolute atomic E-state index is 0.00138. The van der Waals surface area contributed by atoms with E-state index in [9.17, 15) is 0 Å². The first-order valence-electron chi connectivity index (χ1n) is 5.78. The summed E-state index contributed by atoms with van der Waals surface area (Å²) in [5.41, 5.74) is 2.00. The number of aromatic nitrogens is 3. The molecule has 0 aliphatic heterocycles. The van der Waals surface area contributed by atoms with E-state index >= 15 is 0 Å². The van der Waals surface area contributed by atoms with Crippen molar-refractivity contribution >= 4 is 11.6 Å². The van der Waals surface area contributed by atoms with Crippen LogP contribution in [0.5, 0.6) is 0 Å². The van der Waals surface area contributed by atoms with Gasteiger partial charge in [0.2, 0.25) is 5.95 Å². The van der Waals surface area contributed by atoms with Crippen molar-refractivity contribution < 1.29 is 0 Å². The second-order valence-electron chi connectivity index (χ2n) is 4.09. The lowest BCUT2D eigenvalue weighted by atomic mass is 10.2. The van der Waals surface area contributed by atoms with E-state index in [2.05, 4.69) is 28.2 Å². The number of hydrogen-bond acceptors (Lipinski definition) is 3. The largest absolute Gasteiger partial charge is 0.339 e. The number of rotatable bonds is 4. The van der Waals surface area contributed by atoms with E-state index in [4.69, 9.17) is 6.42 Å². The summed E-state index contributed by atoms with van der Waals surface area (Å²) in [7, 11) is 0. The molecule has 1 unspecified atom stereocenters. The molecule has 0 aliphatic rings. The minimum Gasteiger partial charge on any atom is -0.339 e. The maximum atomic E-state index is 5.45. The zero-order valence-electron chi connectivity index (χ0n) is 10.1. The summed E-state index contributed by atoms with van der Waals surface area (Å²) in [6, 6.07) is 3.98. The van der Waals surface area contributed by atoms with Crippen LogP contribution in [-0.4, -0.2) is 20.6 Å². The molecule has 4 nitrogen and oxygen atoms in total. The summed E-state index contributed by atoms with van der Waals surface area (Å²) in [5.74, 6) is 3.30. The molecule has 1 atom stereocenters. The van der Waals surface area contributed by atoms with Gasteiger partial charge in [0.1, 0.15) is 0 Å². The molecule has 2 aromatic rings. The zero-order chi connectivity index (χ0) is 12.3. The first-order valence-corrected chi connectivity index (χ1v) is 5.78. The van der Waals surface area contributed by atoms with Crippen molar-refractivity contribution in [2.24, 2.45) is 0 Å². The number of nitrogens with one attached hydrogen (secondary N) is 1. The highest BCUT2D eigenvalue weighted by Crippen LogP contribution is 2.09. The normalized spacial score (nSPS) is 12.3. The highest BCUT2D eigenvalue weighted by molar-refractivity contribution is 5.46. The molecule has 0 spiro atoms. The van der Waals surface area contributed by atoms with Gasteiger partial charge >= 0.3 is 0 Å². The predicted molar refractivity (Wildman–Crippen MR) is 68.9 cm³/mol. The molecule has 4 heteroatoms. The molecule has 2 heterocycles. The van der Waals surface area contributed by atoms with E-state index in [-0.39, 0.29) is 6.04 Å². The molecule has 0 bridgehead atoms. The molecular formula is C13H16N4. The van der Waals surface area contributed by atoms with Crippen molar-refractivity contribution in [1.29, 1.82) is 0 Å². The third-order valence-corrected chi connectivity index (χ3v) is 2.57. The van der Waals surface area contributed by atoms with Gasteiger partial charge in [-0.2, -0.15) is 4.98 Å². The molecule has 0 aromatic carbocycles. The molecule has 17 heavy (non-hydrogen) atoms. The summed E-state index contributed by atoms with van der Waals surface area (Å²) < 4.78 is 1.74. The van der Waals surface area contributed by atoms with E-state index < -0.39 is 0 Å². The highest BCUT2D eigenvalue weighted by atomic mass is 15.3. The number of anilines is 1. The van der Waals surface area contributed by atoms with E-state index in [1.165, 1.54) is 5.56 Å². The fourth-order valence-electron chi connectivity index (χ4n) is 1.69. The highest BCUT2D eigenvalue weighted by Gasteiger charge is 2.08. The van der Waals surface area contributed by atoms with Gasteiger partial charge in [0, 0.05) is 6.20 Å². The molecule has 0 aliphatic carbocycles. The Morgan fingerprint density at radius 3 is 3.12 bits per heavy atom. The van der Waals surface area contributed by atoms with Gasteiger partial charge in [0.05, 0.1) is 6.04 Å². The van der Waals surface area contributed by atoms with Crippen molar-refractivity contribution in [2.75, 3.05) is 5.32 Å². The quantitative estimate of drug-likeness (QED) is 0.816. The molecule has 0 amide bonds. The van der Waals surface area contributed by atoms with Crippen molar-refractivity contribution in [2.45, 2.75) is 32.7 Å². The molecule has 0 saturated carbocycles. The molecule has 0 radical (unpaired) electrons. The SMILES string of the molecule is C#CC(CCC)Nc1nc2cc(C)ccn2n1. The molecule has 2 aromatic heterocycles. The fourth-order valence-corrected chi connectivity index (χ4v) is 1.69. The van der Waals surface area contributed by atoms with Crippen LogP contribution in [0.25, 0.3) is 5.65 Å². The van der Waals surface area contributed by atoms with E-state index in [0.717, 1.165) is 18.5 Å². The predicted octanol–water partition coefficient (Wildman–Crippen LogP) is 2.25. The topological polar surface area (TPSA) is 42.2 Å². The first kappa shape index (κ1) is 11.5. The van der Waals surface area contributed by atoms with Crippen LogP contribution >= 0.6 is 0 Å². The van der Waals surface area contributed by atoms with Gasteiger partial charge in [-0.1, -0.05) is 19.3 Å². The van der Waals surface area contributed by atoms with Crippen molar-refractivity contribution in [1.82, 2.24) is 14.6 Å². The Morgan fingerprint density at radius 1 is 1.59 bits per heavy atom. The summed E-state index contributed by atoms with van der Waals surface area (Å²) in [5, 5.41) is 7.48. The second kappa shape index (κ2) is 4.88. The Labute approximate surface area is 101 Å². The molecular weight excluding hydrogens is 212 g/mol. The molecule has 0 fully saturated rings. The van der Waals surface area contributed by atoms with Crippen LogP contribution < -0.4 is 5.32 Å². The summed E-state index contributed by atoms with van der Waals surface area (Å²) >= 11 is 0. The van der Waals surface area contributed by atoms with Gasteiger partial charge < -0.3 is 5.32 Å². The van der Waals surface area contributed by atoms with Crippen LogP contribution in [0, 0.1) is 19.3 Å². The van der Waals surface area contributed by atoms with Crippen molar-refractivity contribution in [3.05, 3.63) is 23.9 Å². The number of hydrogen-bond donors (Lipinski definition) is 1. The monoisotopic (exact) mass is 228 g/mol. The van der Waals surface area contributed by atoms with Crippen LogP contribution in [0.2, 0.25) is 0 Å². The van der Waals surface area contributed by atoms with Crippen molar-refractivity contribution in [3.63, 3.8) is 0 Å². The van der Waals surface area contributed by atoms with Crippen molar-refractivity contribution in [3.8, 4) is 12.3 Å². The zero-order valence-corrected chi connectivity index (χ0v) is 10.1. The second-order valence-corrected chi connectivity index (χ2v) is 4.09. The van der Waals surface area contributed by atoms with Crippen LogP contribution in [-0.2, 0) is 0 Å². The smallest absolute Gasteiger partial charge is 0.244 e. The first-order chi connectivity index (χ1) is 8.22. The number of aryl methyl sites for hydroxylation is 1. The number of nitrogens with zero attached hydrogens (tertiary/aromatic N) is 3. The van der Waals surface area contributed by atoms with E-state index in [0.29, 0.717) is 5.95 Å². The minimum atomic E-state index is -0.00138. The molecule has 2 rings (SSSR count). The van der Waals surface area contributed by atoms with Gasteiger partial charge in [-0.25, -0.2) is 4.52 Å². The maximum Gasteiger partial charge on any atom is 0.244 e. The Morgan fingerprint density at radius 2 is 2.41 bits per heavy atom. The van der Waals surface area contributed by atoms with Gasteiger partial charge in [-0.3, -0.25) is 0 Å². The molecule has 88 valence electrons. The Kier molecular flexibility index (Phi) is 3.29. The number of terminal acetylenes is 1. The average molecular weight is 228 g/mol. The standard InChI is InChI=1S/C13H16N4/c1-4-6-11(5-2)14-13-15-12-9-10(3)7-8-17(12)16-13/h2,7-9,11H,4,6H2,1,3H3,(H,14,16). The van der Waals surface area contributed by atoms with E-state index in [1.54, 1.807) is 4.52 Å². The van der Waals surface area contributed by atoms with Gasteiger partial charge in [0.15, 0.2) is 5.65 Å². The summed E-state index contributed by atoms with van der Waals surface area (Å²) in [6.07, 6.45) is 9.30. The molecule has 0 saturated heterocycles. The summed E-state index contributed by atoms with van der Waals surface area (Å²) in [4.78, 5) is 4.39. The van der Waals surface area contributed by atoms with Crippen LogP contribution in [0.15, 0.2) is 18.3 Å². The fraction of sp³-hybridized carbons (Fsp3) is 0.385. The van der Waals surface area contributed by atoms with Gasteiger partial charge in [-0.05, 0) is 31.0 Å². The van der Waals surface area contributed by atoms with Crippen LogP contribution in [0.1, 0.15) is 25.3 Å². The number of pyridine rings is 1. The lowest BCUT2D eigenvalue weighted by molar-refractivity contribution is 0.747. The van der Waals surface area contributed by atoms with Gasteiger partial charge in [0.25, 0.3) is 0 Å². The van der Waals surface area contributed by atoms with Crippen LogP contribution in [0.3, 0.4) is 0 Å². The third-order valence-electron chi connectivity index (χ3n) is 2.57. The lowest BCUT2D eigenvalue weighted by Crippen LogP contribution is -2.17. The Bertz CT molecular complexity index is 550. The Hall–Kier alpha value is -2.02. The number of fused-ring (bicyclic) bond motifs is 1. The maximum absolute atomic E-state index is 5.45. The van der Waals surface area contributed by atoms with E-state index in [1.807, 2.05) is 25.3 Å². The summed E-state index contributed by atoms with van der Waals surface area (Å²) in [6.45, 7) is 4.13.